The minimum atomic E-state index is 0.00422. The second kappa shape index (κ2) is 10.0. The average molecular weight is 298 g/mol. The standard InChI is InChI=1S/C14H22N2OS2/c1-3-5-6-7-8-9-10-15-13(17)12-11-16-14(19-12)18-4-2/h5-6,11H,3-4,7-10H2,1-2H3,(H,15,17)/b6-5-. The van der Waals surface area contributed by atoms with Crippen LogP contribution in [0.3, 0.4) is 0 Å². The van der Waals surface area contributed by atoms with Crippen molar-refractivity contribution in [3.63, 3.8) is 0 Å². The highest BCUT2D eigenvalue weighted by atomic mass is 32.2. The van der Waals surface area contributed by atoms with Crippen LogP contribution in [0.1, 0.15) is 49.2 Å². The summed E-state index contributed by atoms with van der Waals surface area (Å²) in [7, 11) is 0. The van der Waals surface area contributed by atoms with Crippen LogP contribution in [0.5, 0.6) is 0 Å². The molecule has 106 valence electrons. The van der Waals surface area contributed by atoms with Crippen LogP contribution in [0.25, 0.3) is 0 Å². The van der Waals surface area contributed by atoms with Crippen LogP contribution in [0.15, 0.2) is 22.7 Å². The van der Waals surface area contributed by atoms with E-state index in [0.29, 0.717) is 4.88 Å². The van der Waals surface area contributed by atoms with Crippen molar-refractivity contribution in [2.45, 2.75) is 43.9 Å². The van der Waals surface area contributed by atoms with Crippen molar-refractivity contribution in [1.82, 2.24) is 10.3 Å². The second-order valence-corrected chi connectivity index (χ2v) is 6.60. The van der Waals surface area contributed by atoms with E-state index in [1.54, 1.807) is 18.0 Å². The van der Waals surface area contributed by atoms with Gasteiger partial charge >= 0.3 is 0 Å². The Bertz CT molecular complexity index is 402. The first-order valence-electron chi connectivity index (χ1n) is 6.79. The van der Waals surface area contributed by atoms with Crippen LogP contribution < -0.4 is 5.32 Å². The highest BCUT2D eigenvalue weighted by Gasteiger charge is 2.09. The Labute approximate surface area is 123 Å². The number of thioether (sulfide) groups is 1. The number of nitrogens with one attached hydrogen (secondary N) is 1. The second-order valence-electron chi connectivity index (χ2n) is 4.05. The van der Waals surface area contributed by atoms with Gasteiger partial charge in [-0.1, -0.05) is 37.8 Å². The molecule has 0 spiro atoms. The topological polar surface area (TPSA) is 42.0 Å². The van der Waals surface area contributed by atoms with E-state index in [1.807, 2.05) is 0 Å². The number of aromatic nitrogens is 1. The molecule has 1 N–H and O–H groups in total. The highest BCUT2D eigenvalue weighted by molar-refractivity contribution is 8.01. The van der Waals surface area contributed by atoms with Gasteiger partial charge in [0.1, 0.15) is 4.88 Å². The van der Waals surface area contributed by atoms with Gasteiger partial charge in [-0.3, -0.25) is 4.79 Å². The molecule has 0 radical (unpaired) electrons. The fourth-order valence-corrected chi connectivity index (χ4v) is 3.31. The van der Waals surface area contributed by atoms with Crippen LogP contribution in [0.2, 0.25) is 0 Å². The molecule has 1 aromatic rings. The van der Waals surface area contributed by atoms with Gasteiger partial charge in [0.15, 0.2) is 4.34 Å². The zero-order valence-electron chi connectivity index (χ0n) is 11.6. The first-order chi connectivity index (χ1) is 9.27. The molecule has 0 bridgehead atoms. The summed E-state index contributed by atoms with van der Waals surface area (Å²) in [4.78, 5) is 16.8. The number of amides is 1. The molecule has 0 atom stereocenters. The lowest BCUT2D eigenvalue weighted by atomic mass is 10.2. The van der Waals surface area contributed by atoms with E-state index in [-0.39, 0.29) is 5.91 Å². The highest BCUT2D eigenvalue weighted by Crippen LogP contribution is 2.23. The number of hydrogen-bond acceptors (Lipinski definition) is 4. The number of allylic oxidation sites excluding steroid dienone is 2. The van der Waals surface area contributed by atoms with Gasteiger partial charge in [0.25, 0.3) is 5.91 Å². The maximum atomic E-state index is 11.8. The van der Waals surface area contributed by atoms with Crippen molar-refractivity contribution < 1.29 is 4.79 Å². The molecular weight excluding hydrogens is 276 g/mol. The summed E-state index contributed by atoms with van der Waals surface area (Å²) >= 11 is 3.14. The summed E-state index contributed by atoms with van der Waals surface area (Å²) in [5, 5.41) is 2.94. The summed E-state index contributed by atoms with van der Waals surface area (Å²) in [6.45, 7) is 4.96. The van der Waals surface area contributed by atoms with Crippen molar-refractivity contribution in [2.24, 2.45) is 0 Å². The Balaban J connectivity index is 2.18. The Kier molecular flexibility index (Phi) is 8.58. The van der Waals surface area contributed by atoms with Gasteiger partial charge in [0.05, 0.1) is 6.20 Å². The van der Waals surface area contributed by atoms with E-state index in [1.165, 1.54) is 11.3 Å². The van der Waals surface area contributed by atoms with E-state index >= 15 is 0 Å². The van der Waals surface area contributed by atoms with Gasteiger partial charge < -0.3 is 5.32 Å². The van der Waals surface area contributed by atoms with E-state index in [0.717, 1.165) is 42.3 Å². The van der Waals surface area contributed by atoms with Crippen molar-refractivity contribution in [1.29, 1.82) is 0 Å². The lowest BCUT2D eigenvalue weighted by molar-refractivity contribution is 0.0957. The van der Waals surface area contributed by atoms with Gasteiger partial charge in [-0.15, -0.1) is 11.3 Å². The lowest BCUT2D eigenvalue weighted by Gasteiger charge is -2.01. The fourth-order valence-electron chi connectivity index (χ4n) is 1.51. The summed E-state index contributed by atoms with van der Waals surface area (Å²) in [5.41, 5.74) is 0. The first kappa shape index (κ1) is 16.2. The molecule has 1 amide bonds. The SMILES string of the molecule is CC/C=C\CCCCNC(=O)c1cnc(SCC)s1. The number of hydrogen-bond donors (Lipinski definition) is 1. The van der Waals surface area contributed by atoms with Crippen LogP contribution in [0.4, 0.5) is 0 Å². The molecule has 19 heavy (non-hydrogen) atoms. The van der Waals surface area contributed by atoms with Gasteiger partial charge in [-0.25, -0.2) is 4.98 Å². The third-order valence-corrected chi connectivity index (χ3v) is 4.50. The Morgan fingerprint density at radius 2 is 2.26 bits per heavy atom. The molecule has 0 aliphatic heterocycles. The molecular formula is C14H22N2OS2. The molecule has 1 aromatic heterocycles. The average Bonchev–Trinajstić information content (AvgIpc) is 2.87. The number of carbonyl (C=O) groups excluding carboxylic acids is 1. The minimum Gasteiger partial charge on any atom is -0.351 e. The predicted molar refractivity (Wildman–Crippen MR) is 84.1 cm³/mol. The molecule has 1 heterocycles. The molecule has 0 saturated heterocycles. The van der Waals surface area contributed by atoms with Crippen LogP contribution in [-0.2, 0) is 0 Å². The minimum absolute atomic E-state index is 0.00422. The number of rotatable bonds is 9. The molecule has 1 rings (SSSR count). The maximum absolute atomic E-state index is 11.8. The van der Waals surface area contributed by atoms with Gasteiger partial charge in [0.2, 0.25) is 0 Å². The molecule has 0 saturated carbocycles. The van der Waals surface area contributed by atoms with Crippen LogP contribution in [0, 0.1) is 0 Å². The molecule has 0 aliphatic rings. The molecule has 3 nitrogen and oxygen atoms in total. The van der Waals surface area contributed by atoms with E-state index in [4.69, 9.17) is 0 Å². The van der Waals surface area contributed by atoms with E-state index in [9.17, 15) is 4.79 Å². The number of unbranched alkanes of at least 4 members (excludes halogenated alkanes) is 2. The summed E-state index contributed by atoms with van der Waals surface area (Å²) < 4.78 is 0.970. The molecule has 5 heteroatoms. The quantitative estimate of drug-likeness (QED) is 0.423. The van der Waals surface area contributed by atoms with Gasteiger partial charge in [-0.05, 0) is 31.4 Å². The Hall–Kier alpha value is -0.810. The van der Waals surface area contributed by atoms with Crippen molar-refractivity contribution >= 4 is 29.0 Å². The van der Waals surface area contributed by atoms with Crippen molar-refractivity contribution in [2.75, 3.05) is 12.3 Å². The van der Waals surface area contributed by atoms with Crippen LogP contribution in [-0.4, -0.2) is 23.2 Å². The van der Waals surface area contributed by atoms with E-state index in [2.05, 4.69) is 36.3 Å². The van der Waals surface area contributed by atoms with Crippen molar-refractivity contribution in [3.8, 4) is 0 Å². The third kappa shape index (κ3) is 6.78. The molecule has 0 aliphatic carbocycles. The van der Waals surface area contributed by atoms with Gasteiger partial charge in [0, 0.05) is 6.54 Å². The van der Waals surface area contributed by atoms with Gasteiger partial charge in [-0.2, -0.15) is 0 Å². The summed E-state index contributed by atoms with van der Waals surface area (Å²) in [6.07, 6.45) is 10.4. The van der Waals surface area contributed by atoms with E-state index < -0.39 is 0 Å². The smallest absolute Gasteiger partial charge is 0.263 e. The number of nitrogens with zero attached hydrogens (tertiary/aromatic N) is 1. The summed E-state index contributed by atoms with van der Waals surface area (Å²) in [6, 6.07) is 0. The Morgan fingerprint density at radius 1 is 1.42 bits per heavy atom. The zero-order chi connectivity index (χ0) is 13.9. The Morgan fingerprint density at radius 3 is 3.00 bits per heavy atom. The molecule has 0 unspecified atom stereocenters. The maximum Gasteiger partial charge on any atom is 0.263 e. The first-order valence-corrected chi connectivity index (χ1v) is 8.60. The fraction of sp³-hybridized carbons (Fsp3) is 0.571. The molecule has 0 fully saturated rings. The predicted octanol–water partition coefficient (Wildman–Crippen LogP) is 4.12. The largest absolute Gasteiger partial charge is 0.351 e. The van der Waals surface area contributed by atoms with Crippen molar-refractivity contribution in [3.05, 3.63) is 23.2 Å². The third-order valence-electron chi connectivity index (χ3n) is 2.46. The molecule has 0 aromatic carbocycles. The lowest BCUT2D eigenvalue weighted by Crippen LogP contribution is -2.23. The number of carbonyl (C=O) groups is 1. The number of thiazole rings is 1. The summed E-state index contributed by atoms with van der Waals surface area (Å²) in [5.74, 6) is 0.990. The van der Waals surface area contributed by atoms with Crippen LogP contribution >= 0.6 is 23.1 Å². The zero-order valence-corrected chi connectivity index (χ0v) is 13.3. The normalized spacial score (nSPS) is 11.1. The monoisotopic (exact) mass is 298 g/mol.